The molecule has 7 heteroatoms. The van der Waals surface area contributed by atoms with E-state index in [1.807, 2.05) is 0 Å². The highest BCUT2D eigenvalue weighted by molar-refractivity contribution is 9.10. The summed E-state index contributed by atoms with van der Waals surface area (Å²) in [6.07, 6.45) is 0. The lowest BCUT2D eigenvalue weighted by atomic mass is 10.3. The van der Waals surface area contributed by atoms with Crippen molar-refractivity contribution in [3.8, 4) is 0 Å². The Kier molecular flexibility index (Phi) is 4.07. The highest BCUT2D eigenvalue weighted by Gasteiger charge is 2.09. The van der Waals surface area contributed by atoms with Gasteiger partial charge in [-0.2, -0.15) is 0 Å². The number of halogens is 1. The normalized spacial score (nSPS) is 9.20. The molecule has 0 fully saturated rings. The van der Waals surface area contributed by atoms with E-state index in [0.717, 1.165) is 4.47 Å². The highest BCUT2D eigenvalue weighted by atomic mass is 79.9. The Balaban J connectivity index is 2.47. The van der Waals surface area contributed by atoms with Gasteiger partial charge in [0.25, 0.3) is 0 Å². The van der Waals surface area contributed by atoms with E-state index in [1.165, 1.54) is 0 Å². The first-order valence-corrected chi connectivity index (χ1v) is 4.75. The van der Waals surface area contributed by atoms with E-state index in [9.17, 15) is 9.59 Å². The summed E-state index contributed by atoms with van der Waals surface area (Å²) < 4.78 is 0.916. The maximum absolute atomic E-state index is 10.9. The van der Waals surface area contributed by atoms with E-state index in [1.54, 1.807) is 29.7 Å². The number of anilines is 1. The fourth-order valence-electron chi connectivity index (χ4n) is 0.784. The number of carbonyl (C=O) groups excluding carboxylic acids is 2. The molecule has 1 aromatic carbocycles. The number of carbonyl (C=O) groups is 2. The van der Waals surface area contributed by atoms with E-state index >= 15 is 0 Å². The van der Waals surface area contributed by atoms with Gasteiger partial charge in [-0.15, -0.1) is 0 Å². The summed E-state index contributed by atoms with van der Waals surface area (Å²) in [5.41, 5.74) is 7.08. The molecule has 0 unspecified atom stereocenters. The zero-order chi connectivity index (χ0) is 11.3. The second-order valence-electron chi connectivity index (χ2n) is 2.56. The number of hydrogen-bond donors (Lipinski definition) is 4. The van der Waals surface area contributed by atoms with Crippen molar-refractivity contribution in [2.24, 2.45) is 5.84 Å². The Bertz CT molecular complexity index is 365. The zero-order valence-corrected chi connectivity index (χ0v) is 9.17. The van der Waals surface area contributed by atoms with Crippen LogP contribution in [0, 0.1) is 0 Å². The summed E-state index contributed by atoms with van der Waals surface area (Å²) in [6, 6.07) is 7.03. The Morgan fingerprint density at radius 1 is 1.13 bits per heavy atom. The van der Waals surface area contributed by atoms with Gasteiger partial charge in [-0.1, -0.05) is 15.9 Å². The van der Waals surface area contributed by atoms with Crippen LogP contribution in [-0.4, -0.2) is 11.8 Å². The summed E-state index contributed by atoms with van der Waals surface area (Å²) in [5.74, 6) is 2.99. The van der Waals surface area contributed by atoms with Crippen molar-refractivity contribution >= 4 is 33.4 Å². The molecule has 0 radical (unpaired) electrons. The van der Waals surface area contributed by atoms with E-state index in [-0.39, 0.29) is 0 Å². The minimum absolute atomic E-state index is 0.649. The van der Waals surface area contributed by atoms with Crippen LogP contribution in [0.5, 0.6) is 0 Å². The number of hydrogen-bond acceptors (Lipinski definition) is 4. The third-order valence-electron chi connectivity index (χ3n) is 1.50. The lowest BCUT2D eigenvalue weighted by molar-refractivity contribution is -0.138. The first kappa shape index (κ1) is 11.5. The van der Waals surface area contributed by atoms with E-state index in [0.29, 0.717) is 5.69 Å². The van der Waals surface area contributed by atoms with Crippen LogP contribution in [0.2, 0.25) is 0 Å². The monoisotopic (exact) mass is 272 g/mol. The molecule has 1 rings (SSSR count). The van der Waals surface area contributed by atoms with Crippen LogP contribution in [0.15, 0.2) is 28.7 Å². The molecular formula is C8H9BrN4O2. The van der Waals surface area contributed by atoms with Gasteiger partial charge in [0.05, 0.1) is 5.69 Å². The van der Waals surface area contributed by atoms with Crippen molar-refractivity contribution in [3.05, 3.63) is 28.7 Å². The van der Waals surface area contributed by atoms with Gasteiger partial charge >= 0.3 is 11.8 Å². The largest absolute Gasteiger partial charge is 0.328 e. The number of nitrogens with two attached hydrogens (primary N) is 1. The molecule has 0 aliphatic rings. The van der Waals surface area contributed by atoms with Crippen LogP contribution >= 0.6 is 15.9 Å². The quantitative estimate of drug-likeness (QED) is 0.261. The molecule has 80 valence electrons. The smallest absolute Gasteiger partial charge is 0.298 e. The molecule has 0 saturated heterocycles. The molecule has 0 bridgehead atoms. The van der Waals surface area contributed by atoms with Gasteiger partial charge in [0.1, 0.15) is 0 Å². The van der Waals surface area contributed by atoms with E-state index < -0.39 is 11.8 Å². The first-order valence-electron chi connectivity index (χ1n) is 3.96. The van der Waals surface area contributed by atoms with Crippen LogP contribution in [0.4, 0.5) is 5.69 Å². The van der Waals surface area contributed by atoms with Gasteiger partial charge in [0, 0.05) is 4.47 Å². The van der Waals surface area contributed by atoms with Gasteiger partial charge < -0.3 is 0 Å². The molecule has 0 aliphatic carbocycles. The molecule has 0 saturated carbocycles. The van der Waals surface area contributed by atoms with Crippen molar-refractivity contribution < 1.29 is 9.59 Å². The van der Waals surface area contributed by atoms with Crippen molar-refractivity contribution in [1.82, 2.24) is 10.9 Å². The highest BCUT2D eigenvalue weighted by Crippen LogP contribution is 2.12. The molecule has 0 atom stereocenters. The average molecular weight is 273 g/mol. The molecule has 1 aromatic rings. The lowest BCUT2D eigenvalue weighted by Crippen LogP contribution is -2.45. The van der Waals surface area contributed by atoms with Crippen molar-refractivity contribution in [1.29, 1.82) is 0 Å². The van der Waals surface area contributed by atoms with Gasteiger partial charge in [-0.25, -0.2) is 5.84 Å². The fraction of sp³-hybridized carbons (Fsp3) is 0. The predicted octanol–water partition coefficient (Wildman–Crippen LogP) is -0.118. The van der Waals surface area contributed by atoms with Crippen LogP contribution in [-0.2, 0) is 9.59 Å². The van der Waals surface area contributed by atoms with Crippen LogP contribution in [0.3, 0.4) is 0 Å². The Morgan fingerprint density at radius 3 is 2.27 bits per heavy atom. The lowest BCUT2D eigenvalue weighted by Gasteiger charge is -2.06. The van der Waals surface area contributed by atoms with Gasteiger partial charge in [-0.3, -0.25) is 25.9 Å². The standard InChI is InChI=1S/C8H9BrN4O2/c9-5-1-3-6(4-2-5)12-13-8(15)7(14)11-10/h1-4,12H,10H2,(H,11,14)(H,13,15). The van der Waals surface area contributed by atoms with Crippen molar-refractivity contribution in [3.63, 3.8) is 0 Å². The third kappa shape index (κ3) is 3.56. The molecule has 2 amide bonds. The second-order valence-corrected chi connectivity index (χ2v) is 3.48. The molecule has 0 spiro atoms. The van der Waals surface area contributed by atoms with Crippen molar-refractivity contribution in [2.75, 3.05) is 5.43 Å². The van der Waals surface area contributed by atoms with Crippen molar-refractivity contribution in [2.45, 2.75) is 0 Å². The molecule has 0 aliphatic heterocycles. The maximum atomic E-state index is 10.9. The number of rotatable bonds is 2. The minimum atomic E-state index is -0.917. The summed E-state index contributed by atoms with van der Waals surface area (Å²) in [5, 5.41) is 0. The van der Waals surface area contributed by atoms with E-state index in [2.05, 4.69) is 26.8 Å². The SMILES string of the molecule is NNC(=O)C(=O)NNc1ccc(Br)cc1. The predicted molar refractivity (Wildman–Crippen MR) is 58.2 cm³/mol. The molecule has 15 heavy (non-hydrogen) atoms. The summed E-state index contributed by atoms with van der Waals surface area (Å²) in [6.45, 7) is 0. The molecular weight excluding hydrogens is 264 g/mol. The van der Waals surface area contributed by atoms with Gasteiger partial charge in [0.15, 0.2) is 0 Å². The van der Waals surface area contributed by atoms with Crippen LogP contribution in [0.1, 0.15) is 0 Å². The maximum Gasteiger partial charge on any atom is 0.328 e. The number of benzene rings is 1. The number of amides is 2. The molecule has 0 heterocycles. The molecule has 0 aromatic heterocycles. The molecule has 6 nitrogen and oxygen atoms in total. The minimum Gasteiger partial charge on any atom is -0.298 e. The van der Waals surface area contributed by atoms with E-state index in [4.69, 9.17) is 5.84 Å². The Morgan fingerprint density at radius 2 is 1.73 bits per heavy atom. The second kappa shape index (κ2) is 5.32. The summed E-state index contributed by atoms with van der Waals surface area (Å²) >= 11 is 3.26. The van der Waals surface area contributed by atoms with Crippen LogP contribution in [0.25, 0.3) is 0 Å². The Labute approximate surface area is 94.3 Å². The Hall–Kier alpha value is -1.60. The zero-order valence-electron chi connectivity index (χ0n) is 7.58. The topological polar surface area (TPSA) is 96.2 Å². The number of nitrogens with one attached hydrogen (secondary N) is 3. The third-order valence-corrected chi connectivity index (χ3v) is 2.03. The average Bonchev–Trinajstić information content (AvgIpc) is 2.26. The fourth-order valence-corrected chi connectivity index (χ4v) is 1.05. The summed E-state index contributed by atoms with van der Waals surface area (Å²) in [4.78, 5) is 21.6. The van der Waals surface area contributed by atoms with Gasteiger partial charge in [0.2, 0.25) is 0 Å². The van der Waals surface area contributed by atoms with Gasteiger partial charge in [-0.05, 0) is 24.3 Å². The number of hydrazine groups is 2. The summed E-state index contributed by atoms with van der Waals surface area (Å²) in [7, 11) is 0. The van der Waals surface area contributed by atoms with Crippen LogP contribution < -0.4 is 22.1 Å². The molecule has 5 N–H and O–H groups in total. The first-order chi connectivity index (χ1) is 7.13.